The molecule has 2 aromatic rings. The molecule has 18 heavy (non-hydrogen) atoms. The van der Waals surface area contributed by atoms with Gasteiger partial charge in [0.25, 0.3) is 0 Å². The van der Waals surface area contributed by atoms with Gasteiger partial charge in [0.05, 0.1) is 5.52 Å². The summed E-state index contributed by atoms with van der Waals surface area (Å²) in [4.78, 5) is 8.52. The summed E-state index contributed by atoms with van der Waals surface area (Å²) in [6.07, 6.45) is 0. The molecule has 0 saturated carbocycles. The molecule has 0 fully saturated rings. The predicted molar refractivity (Wildman–Crippen MR) is 74.1 cm³/mol. The van der Waals surface area contributed by atoms with Crippen molar-refractivity contribution in [3.63, 3.8) is 0 Å². The molecule has 0 atom stereocenters. The summed E-state index contributed by atoms with van der Waals surface area (Å²) in [6, 6.07) is 9.21. The third-order valence-electron chi connectivity index (χ3n) is 2.68. The fourth-order valence-electron chi connectivity index (χ4n) is 1.46. The number of aromatic nitrogens is 1. The number of hydrogen-bond donors (Lipinski definition) is 2. The molecule has 0 aliphatic carbocycles. The molecule has 0 bridgehead atoms. The third kappa shape index (κ3) is 2.42. The minimum absolute atomic E-state index is 0.0425. The van der Waals surface area contributed by atoms with Crippen molar-refractivity contribution in [1.29, 1.82) is 0 Å². The number of nitrogens with two attached hydrogens (primary N) is 1. The van der Waals surface area contributed by atoms with E-state index in [1.807, 2.05) is 45.0 Å². The molecule has 0 aliphatic heterocycles. The highest BCUT2D eigenvalue weighted by molar-refractivity contribution is 5.89. The molecule has 0 radical (unpaired) electrons. The molecule has 0 amide bonds. The minimum Gasteiger partial charge on any atom is -0.504 e. The standard InChI is InChI=1S/C14H17N3O/c1-14(2,3)13(15)17-12-11(18)8-9-6-4-5-7-10(9)16-12/h4-8,18H,1-3H3,(H2,15,16,17). The van der Waals surface area contributed by atoms with E-state index in [1.54, 1.807) is 6.07 Å². The molecule has 2 rings (SSSR count). The van der Waals surface area contributed by atoms with Crippen molar-refractivity contribution >= 4 is 22.6 Å². The highest BCUT2D eigenvalue weighted by atomic mass is 16.3. The van der Waals surface area contributed by atoms with Crippen LogP contribution in [0.5, 0.6) is 5.75 Å². The Balaban J connectivity index is 2.55. The molecule has 0 saturated heterocycles. The van der Waals surface area contributed by atoms with E-state index in [4.69, 9.17) is 5.73 Å². The van der Waals surface area contributed by atoms with E-state index < -0.39 is 0 Å². The van der Waals surface area contributed by atoms with Gasteiger partial charge < -0.3 is 10.8 Å². The highest BCUT2D eigenvalue weighted by Crippen LogP contribution is 2.29. The average molecular weight is 243 g/mol. The number of para-hydroxylation sites is 1. The van der Waals surface area contributed by atoms with E-state index >= 15 is 0 Å². The van der Waals surface area contributed by atoms with Crippen LogP contribution in [0.15, 0.2) is 35.3 Å². The van der Waals surface area contributed by atoms with Crippen molar-refractivity contribution in [2.75, 3.05) is 0 Å². The molecular weight excluding hydrogens is 226 g/mol. The normalized spacial score (nSPS) is 12.9. The zero-order chi connectivity index (χ0) is 13.3. The van der Waals surface area contributed by atoms with Gasteiger partial charge >= 0.3 is 0 Å². The van der Waals surface area contributed by atoms with Gasteiger partial charge in [0, 0.05) is 10.8 Å². The molecule has 4 heteroatoms. The average Bonchev–Trinajstić information content (AvgIpc) is 2.28. The Morgan fingerprint density at radius 1 is 1.28 bits per heavy atom. The van der Waals surface area contributed by atoms with Crippen LogP contribution in [-0.2, 0) is 0 Å². The lowest BCUT2D eigenvalue weighted by Gasteiger charge is -2.17. The van der Waals surface area contributed by atoms with Crippen LogP contribution < -0.4 is 5.73 Å². The second kappa shape index (κ2) is 4.29. The first-order chi connectivity index (χ1) is 8.38. The van der Waals surface area contributed by atoms with E-state index in [9.17, 15) is 5.11 Å². The largest absolute Gasteiger partial charge is 0.504 e. The summed E-state index contributed by atoms with van der Waals surface area (Å²) < 4.78 is 0. The maximum absolute atomic E-state index is 9.90. The molecule has 3 N–H and O–H groups in total. The summed E-state index contributed by atoms with van der Waals surface area (Å²) in [5.41, 5.74) is 6.43. The van der Waals surface area contributed by atoms with Crippen molar-refractivity contribution in [3.8, 4) is 5.75 Å². The molecule has 1 aromatic carbocycles. The van der Waals surface area contributed by atoms with Gasteiger partial charge in [-0.05, 0) is 12.1 Å². The van der Waals surface area contributed by atoms with E-state index in [2.05, 4.69) is 9.98 Å². The van der Waals surface area contributed by atoms with Crippen LogP contribution in [-0.4, -0.2) is 15.9 Å². The number of fused-ring (bicyclic) bond motifs is 1. The SMILES string of the molecule is CC(C)(C)C(N)=Nc1nc2ccccc2cc1O. The molecule has 94 valence electrons. The van der Waals surface area contributed by atoms with Crippen molar-refractivity contribution in [2.45, 2.75) is 20.8 Å². The van der Waals surface area contributed by atoms with Gasteiger partial charge in [0.15, 0.2) is 11.6 Å². The fourth-order valence-corrected chi connectivity index (χ4v) is 1.46. The van der Waals surface area contributed by atoms with Gasteiger partial charge in [0.2, 0.25) is 0 Å². The Kier molecular flexibility index (Phi) is 2.95. The van der Waals surface area contributed by atoms with Crippen LogP contribution in [0.1, 0.15) is 20.8 Å². The second-order valence-corrected chi connectivity index (χ2v) is 5.27. The third-order valence-corrected chi connectivity index (χ3v) is 2.68. The van der Waals surface area contributed by atoms with Gasteiger partial charge in [0.1, 0.15) is 5.84 Å². The Morgan fingerprint density at radius 2 is 1.94 bits per heavy atom. The first-order valence-electron chi connectivity index (χ1n) is 5.81. The van der Waals surface area contributed by atoms with Gasteiger partial charge in [-0.15, -0.1) is 0 Å². The van der Waals surface area contributed by atoms with Gasteiger partial charge in [-0.25, -0.2) is 9.98 Å². The maximum atomic E-state index is 9.90. The summed E-state index contributed by atoms with van der Waals surface area (Å²) >= 11 is 0. The Hall–Kier alpha value is -2.10. The zero-order valence-electron chi connectivity index (χ0n) is 10.8. The van der Waals surface area contributed by atoms with Crippen LogP contribution in [0.4, 0.5) is 5.82 Å². The van der Waals surface area contributed by atoms with E-state index in [1.165, 1.54) is 0 Å². The monoisotopic (exact) mass is 243 g/mol. The highest BCUT2D eigenvalue weighted by Gasteiger charge is 2.16. The molecule has 0 aliphatic rings. The zero-order valence-corrected chi connectivity index (χ0v) is 10.8. The predicted octanol–water partition coefficient (Wildman–Crippen LogP) is 2.98. The van der Waals surface area contributed by atoms with Crippen LogP contribution in [0.3, 0.4) is 0 Å². The van der Waals surface area contributed by atoms with Crippen molar-refractivity contribution in [3.05, 3.63) is 30.3 Å². The summed E-state index contributed by atoms with van der Waals surface area (Å²) in [6.45, 7) is 5.89. The first kappa shape index (κ1) is 12.4. The van der Waals surface area contributed by atoms with Crippen LogP contribution in [0.2, 0.25) is 0 Å². The quantitative estimate of drug-likeness (QED) is 0.597. The fraction of sp³-hybridized carbons (Fsp3) is 0.286. The topological polar surface area (TPSA) is 71.5 Å². The molecule has 0 spiro atoms. The van der Waals surface area contributed by atoms with E-state index in [0.717, 1.165) is 10.9 Å². The van der Waals surface area contributed by atoms with E-state index in [0.29, 0.717) is 5.84 Å². The lowest BCUT2D eigenvalue weighted by molar-refractivity contribution is 0.475. The lowest BCUT2D eigenvalue weighted by Crippen LogP contribution is -2.28. The summed E-state index contributed by atoms with van der Waals surface area (Å²) in [5.74, 6) is 0.752. The number of aliphatic imine (C=N–C) groups is 1. The molecule has 1 aromatic heterocycles. The smallest absolute Gasteiger partial charge is 0.197 e. The van der Waals surface area contributed by atoms with Crippen molar-refractivity contribution < 1.29 is 5.11 Å². The van der Waals surface area contributed by atoms with Gasteiger partial charge in [-0.2, -0.15) is 0 Å². The first-order valence-corrected chi connectivity index (χ1v) is 5.81. The summed E-state index contributed by atoms with van der Waals surface area (Å²) in [5, 5.41) is 10.8. The number of rotatable bonds is 1. The van der Waals surface area contributed by atoms with Gasteiger partial charge in [-0.1, -0.05) is 39.0 Å². The molecular formula is C14H17N3O. The van der Waals surface area contributed by atoms with Crippen LogP contribution >= 0.6 is 0 Å². The number of nitrogens with zero attached hydrogens (tertiary/aromatic N) is 2. The number of aromatic hydroxyl groups is 1. The maximum Gasteiger partial charge on any atom is 0.197 e. The number of pyridine rings is 1. The lowest BCUT2D eigenvalue weighted by atomic mass is 9.95. The molecule has 4 nitrogen and oxygen atoms in total. The molecule has 1 heterocycles. The Labute approximate surface area is 106 Å². The minimum atomic E-state index is -0.250. The number of benzene rings is 1. The summed E-state index contributed by atoms with van der Waals surface area (Å²) in [7, 11) is 0. The number of hydrogen-bond acceptors (Lipinski definition) is 3. The van der Waals surface area contributed by atoms with Crippen molar-refractivity contribution in [1.82, 2.24) is 4.98 Å². The molecule has 0 unspecified atom stereocenters. The van der Waals surface area contributed by atoms with Gasteiger partial charge in [-0.3, -0.25) is 0 Å². The number of amidine groups is 1. The van der Waals surface area contributed by atoms with Crippen molar-refractivity contribution in [2.24, 2.45) is 16.1 Å². The van der Waals surface area contributed by atoms with Crippen LogP contribution in [0.25, 0.3) is 10.9 Å². The van der Waals surface area contributed by atoms with E-state index in [-0.39, 0.29) is 17.0 Å². The Bertz CT molecular complexity index is 612. The Morgan fingerprint density at radius 3 is 2.61 bits per heavy atom. The second-order valence-electron chi connectivity index (χ2n) is 5.27. The van der Waals surface area contributed by atoms with Crippen LogP contribution in [0, 0.1) is 5.41 Å².